The molecule has 2 aromatic rings. The number of hydrogen-bond acceptors (Lipinski definition) is 1. The zero-order valence-electron chi connectivity index (χ0n) is 16.8. The Morgan fingerprint density at radius 3 is 1.81 bits per heavy atom. The highest BCUT2D eigenvalue weighted by atomic mass is 28.4. The number of hydrogen-bond donors (Lipinski definition) is 0. The van der Waals surface area contributed by atoms with Crippen LogP contribution in [0.15, 0.2) is 72.8 Å². The zero-order chi connectivity index (χ0) is 18.8. The van der Waals surface area contributed by atoms with Crippen molar-refractivity contribution in [3.63, 3.8) is 0 Å². The SMILES string of the molecule is CC(C)(C)[Si](C)(C)OC1C=CC(C(c2ccccc2)c2ccccc2)C1. The van der Waals surface area contributed by atoms with Gasteiger partial charge in [-0.1, -0.05) is 93.6 Å². The van der Waals surface area contributed by atoms with Crippen LogP contribution in [0.1, 0.15) is 44.2 Å². The standard InChI is InChI=1S/C24H32OSi/c1-24(2,3)26(4,5)25-22-17-16-21(18-22)23(19-12-8-6-9-13-19)20-14-10-7-11-15-20/h6-17,21-23H,18H2,1-5H3. The molecule has 0 aliphatic heterocycles. The van der Waals surface area contributed by atoms with Crippen molar-refractivity contribution in [3.05, 3.63) is 83.9 Å². The molecule has 1 aliphatic rings. The number of benzene rings is 2. The maximum absolute atomic E-state index is 6.67. The Balaban J connectivity index is 1.81. The molecule has 138 valence electrons. The van der Waals surface area contributed by atoms with Gasteiger partial charge in [0.05, 0.1) is 6.10 Å². The van der Waals surface area contributed by atoms with Gasteiger partial charge in [0.25, 0.3) is 0 Å². The topological polar surface area (TPSA) is 9.23 Å². The van der Waals surface area contributed by atoms with Gasteiger partial charge in [-0.05, 0) is 41.6 Å². The minimum absolute atomic E-state index is 0.246. The van der Waals surface area contributed by atoms with Crippen LogP contribution in [0.3, 0.4) is 0 Å². The summed E-state index contributed by atoms with van der Waals surface area (Å²) < 4.78 is 6.67. The van der Waals surface area contributed by atoms with Crippen LogP contribution >= 0.6 is 0 Å². The summed E-state index contributed by atoms with van der Waals surface area (Å²) in [6, 6.07) is 21.8. The zero-order valence-corrected chi connectivity index (χ0v) is 17.8. The molecule has 2 heteroatoms. The van der Waals surface area contributed by atoms with Gasteiger partial charge in [-0.15, -0.1) is 0 Å². The van der Waals surface area contributed by atoms with Gasteiger partial charge in [-0.2, -0.15) is 0 Å². The van der Waals surface area contributed by atoms with E-state index in [-0.39, 0.29) is 11.1 Å². The Morgan fingerprint density at radius 2 is 1.35 bits per heavy atom. The van der Waals surface area contributed by atoms with Gasteiger partial charge in [0.1, 0.15) is 0 Å². The van der Waals surface area contributed by atoms with E-state index in [0.29, 0.717) is 11.8 Å². The maximum Gasteiger partial charge on any atom is 0.192 e. The second-order valence-corrected chi connectivity index (χ2v) is 13.8. The van der Waals surface area contributed by atoms with Crippen molar-refractivity contribution in [2.45, 2.75) is 57.3 Å². The van der Waals surface area contributed by atoms with E-state index in [1.54, 1.807) is 0 Å². The quantitative estimate of drug-likeness (QED) is 0.419. The summed E-state index contributed by atoms with van der Waals surface area (Å²) in [5.41, 5.74) is 2.78. The molecule has 2 unspecified atom stereocenters. The van der Waals surface area contributed by atoms with E-state index in [2.05, 4.69) is 107 Å². The van der Waals surface area contributed by atoms with Gasteiger partial charge in [-0.25, -0.2) is 0 Å². The highest BCUT2D eigenvalue weighted by Gasteiger charge is 2.40. The Bertz CT molecular complexity index is 688. The molecule has 0 heterocycles. The molecular formula is C24H32OSi. The molecule has 0 radical (unpaired) electrons. The van der Waals surface area contributed by atoms with Crippen molar-refractivity contribution in [1.29, 1.82) is 0 Å². The summed E-state index contributed by atoms with van der Waals surface area (Å²) in [4.78, 5) is 0. The average molecular weight is 365 g/mol. The molecule has 0 N–H and O–H groups in total. The molecule has 0 fully saturated rings. The average Bonchev–Trinajstić information content (AvgIpc) is 3.03. The summed E-state index contributed by atoms with van der Waals surface area (Å²) in [6.07, 6.45) is 6.02. The molecule has 26 heavy (non-hydrogen) atoms. The Hall–Kier alpha value is -1.64. The molecule has 0 saturated carbocycles. The molecule has 0 aromatic heterocycles. The van der Waals surface area contributed by atoms with Crippen molar-refractivity contribution in [1.82, 2.24) is 0 Å². The van der Waals surface area contributed by atoms with Crippen molar-refractivity contribution in [2.75, 3.05) is 0 Å². The first-order chi connectivity index (χ1) is 12.3. The molecule has 0 amide bonds. The van der Waals surface area contributed by atoms with E-state index in [0.717, 1.165) is 6.42 Å². The first kappa shape index (κ1) is 19.1. The second-order valence-electron chi connectivity index (χ2n) is 9.00. The normalized spacial score (nSPS) is 20.7. The van der Waals surface area contributed by atoms with Gasteiger partial charge in [0.2, 0.25) is 0 Å². The van der Waals surface area contributed by atoms with Crippen LogP contribution in [0.5, 0.6) is 0 Å². The monoisotopic (exact) mass is 364 g/mol. The summed E-state index contributed by atoms with van der Waals surface area (Å²) in [5, 5.41) is 0.247. The van der Waals surface area contributed by atoms with E-state index in [9.17, 15) is 0 Å². The highest BCUT2D eigenvalue weighted by Crippen LogP contribution is 2.42. The summed E-state index contributed by atoms with van der Waals surface area (Å²) >= 11 is 0. The first-order valence-corrected chi connectivity index (χ1v) is 12.6. The van der Waals surface area contributed by atoms with Gasteiger partial charge in [0, 0.05) is 5.92 Å². The van der Waals surface area contributed by atoms with Gasteiger partial charge in [-0.3, -0.25) is 0 Å². The Labute approximate surface area is 160 Å². The highest BCUT2D eigenvalue weighted by molar-refractivity contribution is 6.74. The fraction of sp³-hybridized carbons (Fsp3) is 0.417. The van der Waals surface area contributed by atoms with E-state index < -0.39 is 8.32 Å². The molecule has 2 atom stereocenters. The molecule has 2 aromatic carbocycles. The van der Waals surface area contributed by atoms with Crippen LogP contribution in [-0.4, -0.2) is 14.4 Å². The third-order valence-electron chi connectivity index (χ3n) is 6.08. The van der Waals surface area contributed by atoms with Crippen LogP contribution < -0.4 is 0 Å². The number of allylic oxidation sites excluding steroid dienone is 1. The molecule has 0 bridgehead atoms. The van der Waals surface area contributed by atoms with E-state index >= 15 is 0 Å². The molecule has 0 saturated heterocycles. The third kappa shape index (κ3) is 4.19. The number of rotatable bonds is 5. The lowest BCUT2D eigenvalue weighted by atomic mass is 9.80. The third-order valence-corrected chi connectivity index (χ3v) is 10.6. The lowest BCUT2D eigenvalue weighted by molar-refractivity contribution is 0.210. The predicted molar refractivity (Wildman–Crippen MR) is 114 cm³/mol. The fourth-order valence-electron chi connectivity index (χ4n) is 3.59. The van der Waals surface area contributed by atoms with Crippen LogP contribution in [0.2, 0.25) is 18.1 Å². The Kier molecular flexibility index (Phi) is 5.54. The molecule has 1 nitrogen and oxygen atoms in total. The predicted octanol–water partition coefficient (Wildman–Crippen LogP) is 6.79. The van der Waals surface area contributed by atoms with E-state index in [1.807, 2.05) is 0 Å². The van der Waals surface area contributed by atoms with E-state index in [4.69, 9.17) is 4.43 Å². The lowest BCUT2D eigenvalue weighted by Gasteiger charge is -2.38. The van der Waals surface area contributed by atoms with E-state index in [1.165, 1.54) is 11.1 Å². The second kappa shape index (κ2) is 7.54. The molecule has 1 aliphatic carbocycles. The molecule has 3 rings (SSSR count). The minimum Gasteiger partial charge on any atom is -0.411 e. The van der Waals surface area contributed by atoms with Gasteiger partial charge in [0.15, 0.2) is 8.32 Å². The molecular weight excluding hydrogens is 332 g/mol. The minimum atomic E-state index is -1.74. The van der Waals surface area contributed by atoms with Crippen molar-refractivity contribution in [2.24, 2.45) is 5.92 Å². The Morgan fingerprint density at radius 1 is 0.846 bits per heavy atom. The molecule has 0 spiro atoms. The summed E-state index contributed by atoms with van der Waals surface area (Å²) in [5.74, 6) is 0.872. The van der Waals surface area contributed by atoms with Crippen molar-refractivity contribution >= 4 is 8.32 Å². The van der Waals surface area contributed by atoms with Crippen LogP contribution in [0.25, 0.3) is 0 Å². The smallest absolute Gasteiger partial charge is 0.192 e. The summed E-state index contributed by atoms with van der Waals surface area (Å²) in [6.45, 7) is 11.6. The van der Waals surface area contributed by atoms with Crippen LogP contribution in [0.4, 0.5) is 0 Å². The van der Waals surface area contributed by atoms with Crippen molar-refractivity contribution in [3.8, 4) is 0 Å². The first-order valence-electron chi connectivity index (χ1n) is 9.74. The largest absolute Gasteiger partial charge is 0.411 e. The lowest BCUT2D eigenvalue weighted by Crippen LogP contribution is -2.43. The van der Waals surface area contributed by atoms with Gasteiger partial charge >= 0.3 is 0 Å². The summed E-state index contributed by atoms with van der Waals surface area (Å²) in [7, 11) is -1.74. The van der Waals surface area contributed by atoms with Crippen LogP contribution in [0, 0.1) is 5.92 Å². The maximum atomic E-state index is 6.67. The van der Waals surface area contributed by atoms with Crippen molar-refractivity contribution < 1.29 is 4.43 Å². The van der Waals surface area contributed by atoms with Crippen LogP contribution in [-0.2, 0) is 4.43 Å². The van der Waals surface area contributed by atoms with Gasteiger partial charge < -0.3 is 4.43 Å². The fourth-order valence-corrected chi connectivity index (χ4v) is 4.87.